The largest absolute Gasteiger partial charge is 0.343 e. The lowest BCUT2D eigenvalue weighted by molar-refractivity contribution is 0.408. The van der Waals surface area contributed by atoms with E-state index in [-0.39, 0.29) is 6.04 Å². The summed E-state index contributed by atoms with van der Waals surface area (Å²) in [5.74, 6) is 0.694. The molecular weight excluding hydrogens is 194 g/mol. The van der Waals surface area contributed by atoms with Crippen LogP contribution in [0.15, 0.2) is 23.4 Å². The van der Waals surface area contributed by atoms with E-state index in [4.69, 9.17) is 5.73 Å². The van der Waals surface area contributed by atoms with E-state index in [2.05, 4.69) is 19.6 Å². The van der Waals surface area contributed by atoms with Crippen LogP contribution < -0.4 is 5.73 Å². The maximum absolute atomic E-state index is 5.80. The molecule has 0 spiro atoms. The summed E-state index contributed by atoms with van der Waals surface area (Å²) in [5.41, 5.74) is 6.81. The second-order valence-corrected chi connectivity index (χ2v) is 3.40. The fourth-order valence-corrected chi connectivity index (χ4v) is 1.42. The molecule has 2 aromatic rings. The summed E-state index contributed by atoms with van der Waals surface area (Å²) in [4.78, 5) is 8.01. The Morgan fingerprint density at radius 2 is 2.47 bits per heavy atom. The van der Waals surface area contributed by atoms with Crippen molar-refractivity contribution in [1.82, 2.24) is 19.7 Å². The Labute approximate surface area is 87.1 Å². The lowest BCUT2D eigenvalue weighted by Crippen LogP contribution is -2.13. The molecule has 2 rings (SSSR count). The number of rotatable bonds is 4. The smallest absolute Gasteiger partial charge is 0.213 e. The molecule has 0 aliphatic heterocycles. The number of imidazole rings is 1. The minimum Gasteiger partial charge on any atom is -0.343 e. The first-order valence-corrected chi connectivity index (χ1v) is 4.78. The van der Waals surface area contributed by atoms with Gasteiger partial charge < -0.3 is 14.8 Å². The molecule has 0 saturated heterocycles. The van der Waals surface area contributed by atoms with Gasteiger partial charge >= 0.3 is 0 Å². The summed E-state index contributed by atoms with van der Waals surface area (Å²) in [6.45, 7) is 2.69. The second-order valence-electron chi connectivity index (χ2n) is 3.40. The molecule has 15 heavy (non-hydrogen) atoms. The third-order valence-electron chi connectivity index (χ3n) is 2.19. The molecule has 0 bridgehead atoms. The number of aryl methyl sites for hydroxylation is 2. The van der Waals surface area contributed by atoms with Gasteiger partial charge in [0, 0.05) is 25.2 Å². The molecule has 2 N–H and O–H groups in total. The van der Waals surface area contributed by atoms with E-state index in [1.807, 2.05) is 11.5 Å². The van der Waals surface area contributed by atoms with Crippen LogP contribution in [0.3, 0.4) is 0 Å². The zero-order chi connectivity index (χ0) is 10.7. The van der Waals surface area contributed by atoms with E-state index in [9.17, 15) is 0 Å². The minimum atomic E-state index is -0.0160. The van der Waals surface area contributed by atoms with Gasteiger partial charge in [0.05, 0.1) is 12.0 Å². The molecule has 80 valence electrons. The van der Waals surface area contributed by atoms with Crippen LogP contribution in [0.5, 0.6) is 0 Å². The summed E-state index contributed by atoms with van der Waals surface area (Å²) in [5, 5.41) is 3.74. The van der Waals surface area contributed by atoms with Gasteiger partial charge in [-0.05, 0) is 6.92 Å². The molecular formula is C9H13N5O. The fourth-order valence-electron chi connectivity index (χ4n) is 1.42. The summed E-state index contributed by atoms with van der Waals surface area (Å²) in [7, 11) is 0. The highest BCUT2D eigenvalue weighted by Gasteiger charge is 2.07. The summed E-state index contributed by atoms with van der Waals surface area (Å²) in [6, 6.07) is -0.0160. The summed E-state index contributed by atoms with van der Waals surface area (Å²) < 4.78 is 6.65. The van der Waals surface area contributed by atoms with Crippen LogP contribution in [-0.2, 0) is 13.0 Å². The Kier molecular flexibility index (Phi) is 2.77. The van der Waals surface area contributed by atoms with Crippen molar-refractivity contribution in [3.05, 3.63) is 30.4 Å². The van der Waals surface area contributed by atoms with E-state index in [1.165, 1.54) is 6.39 Å². The Bertz CT molecular complexity index is 406. The van der Waals surface area contributed by atoms with Gasteiger partial charge in [0.25, 0.3) is 0 Å². The molecule has 6 heteroatoms. The van der Waals surface area contributed by atoms with Crippen molar-refractivity contribution in [1.29, 1.82) is 0 Å². The van der Waals surface area contributed by atoms with E-state index < -0.39 is 0 Å². The Morgan fingerprint density at radius 1 is 1.60 bits per heavy atom. The van der Waals surface area contributed by atoms with Gasteiger partial charge in [-0.3, -0.25) is 0 Å². The highest BCUT2D eigenvalue weighted by molar-refractivity contribution is 5.03. The number of nitrogens with zero attached hydrogens (tertiary/aromatic N) is 4. The molecule has 0 radical (unpaired) electrons. The lowest BCUT2D eigenvalue weighted by atomic mass is 10.2. The third kappa shape index (κ3) is 2.21. The molecule has 1 unspecified atom stereocenters. The maximum Gasteiger partial charge on any atom is 0.213 e. The Morgan fingerprint density at radius 3 is 3.13 bits per heavy atom. The van der Waals surface area contributed by atoms with Gasteiger partial charge in [0.1, 0.15) is 0 Å². The Hall–Kier alpha value is -1.69. The Balaban J connectivity index is 2.02. The van der Waals surface area contributed by atoms with Gasteiger partial charge in [-0.2, -0.15) is 4.98 Å². The quantitative estimate of drug-likeness (QED) is 0.790. The summed E-state index contributed by atoms with van der Waals surface area (Å²) in [6.07, 6.45) is 5.59. The molecule has 0 fully saturated rings. The molecule has 0 aliphatic carbocycles. The number of hydrogen-bond donors (Lipinski definition) is 1. The van der Waals surface area contributed by atoms with Crippen molar-refractivity contribution in [2.45, 2.75) is 25.9 Å². The van der Waals surface area contributed by atoms with Gasteiger partial charge in [0.2, 0.25) is 6.39 Å². The van der Waals surface area contributed by atoms with Crippen molar-refractivity contribution in [3.63, 3.8) is 0 Å². The van der Waals surface area contributed by atoms with Crippen LogP contribution >= 0.6 is 0 Å². The van der Waals surface area contributed by atoms with Crippen LogP contribution in [0.1, 0.15) is 24.5 Å². The maximum atomic E-state index is 5.80. The molecule has 0 amide bonds. The molecule has 0 aromatic carbocycles. The molecule has 1 atom stereocenters. The van der Waals surface area contributed by atoms with Crippen LogP contribution in [-0.4, -0.2) is 19.7 Å². The molecule has 0 saturated carbocycles. The topological polar surface area (TPSA) is 82.8 Å². The van der Waals surface area contributed by atoms with Crippen LogP contribution in [0.25, 0.3) is 0 Å². The molecule has 2 heterocycles. The van der Waals surface area contributed by atoms with Crippen molar-refractivity contribution in [3.8, 4) is 0 Å². The minimum absolute atomic E-state index is 0.0160. The highest BCUT2D eigenvalue weighted by atomic mass is 16.5. The van der Waals surface area contributed by atoms with Gasteiger partial charge in [-0.15, -0.1) is 0 Å². The number of hydrogen-bond acceptors (Lipinski definition) is 5. The zero-order valence-corrected chi connectivity index (χ0v) is 8.50. The SMILES string of the molecule is CC(N)c1cncn1CCc1ncon1. The van der Waals surface area contributed by atoms with Gasteiger partial charge in [-0.25, -0.2) is 4.98 Å². The van der Waals surface area contributed by atoms with Crippen LogP contribution in [0.2, 0.25) is 0 Å². The average Bonchev–Trinajstić information content (AvgIpc) is 2.86. The predicted octanol–water partition coefficient (Wildman–Crippen LogP) is 0.528. The first-order valence-electron chi connectivity index (χ1n) is 4.78. The molecule has 6 nitrogen and oxygen atoms in total. The predicted molar refractivity (Wildman–Crippen MR) is 52.8 cm³/mol. The highest BCUT2D eigenvalue weighted by Crippen LogP contribution is 2.09. The van der Waals surface area contributed by atoms with E-state index >= 15 is 0 Å². The standard InChI is InChI=1S/C9H13N5O/c1-7(10)8-4-11-5-14(8)3-2-9-12-6-15-13-9/h4-7H,2-3,10H2,1H3. The third-order valence-corrected chi connectivity index (χ3v) is 2.19. The van der Waals surface area contributed by atoms with Crippen molar-refractivity contribution in [2.24, 2.45) is 5.73 Å². The van der Waals surface area contributed by atoms with E-state index in [0.717, 1.165) is 12.2 Å². The molecule has 2 aromatic heterocycles. The van der Waals surface area contributed by atoms with Gasteiger partial charge in [0.15, 0.2) is 5.82 Å². The molecule has 0 aliphatic rings. The van der Waals surface area contributed by atoms with Crippen molar-refractivity contribution < 1.29 is 4.52 Å². The first-order chi connectivity index (χ1) is 7.27. The van der Waals surface area contributed by atoms with E-state index in [0.29, 0.717) is 12.2 Å². The zero-order valence-electron chi connectivity index (χ0n) is 8.50. The van der Waals surface area contributed by atoms with Gasteiger partial charge in [-0.1, -0.05) is 5.16 Å². The average molecular weight is 207 g/mol. The van der Waals surface area contributed by atoms with E-state index in [1.54, 1.807) is 12.5 Å². The lowest BCUT2D eigenvalue weighted by Gasteiger charge is -2.08. The monoisotopic (exact) mass is 207 g/mol. The summed E-state index contributed by atoms with van der Waals surface area (Å²) >= 11 is 0. The van der Waals surface area contributed by atoms with Crippen molar-refractivity contribution >= 4 is 0 Å². The second kappa shape index (κ2) is 4.22. The normalized spacial score (nSPS) is 12.9. The first kappa shape index (κ1) is 9.85. The van der Waals surface area contributed by atoms with Crippen molar-refractivity contribution in [2.75, 3.05) is 0 Å². The fraction of sp³-hybridized carbons (Fsp3) is 0.444. The van der Waals surface area contributed by atoms with Crippen LogP contribution in [0, 0.1) is 0 Å². The number of nitrogens with two attached hydrogens (primary N) is 1. The van der Waals surface area contributed by atoms with Crippen LogP contribution in [0.4, 0.5) is 0 Å². The number of aromatic nitrogens is 4.